The molecule has 0 aliphatic rings. The average molecular weight is 540 g/mol. The van der Waals surface area contributed by atoms with Gasteiger partial charge in [0.2, 0.25) is 0 Å². The van der Waals surface area contributed by atoms with Crippen LogP contribution in [-0.4, -0.2) is 44.2 Å². The number of sulfonamides is 1. The Kier molecular flexibility index (Phi) is 8.01. The number of ketones is 1. The maximum atomic E-state index is 13.4. The zero-order valence-electron chi connectivity index (χ0n) is 20.0. The minimum atomic E-state index is -5.44. The molecule has 12 heteroatoms. The van der Waals surface area contributed by atoms with Crippen LogP contribution in [0, 0.1) is 0 Å². The molecule has 0 spiro atoms. The molecule has 198 valence electrons. The van der Waals surface area contributed by atoms with Crippen molar-refractivity contribution in [3.05, 3.63) is 60.2 Å². The van der Waals surface area contributed by atoms with Gasteiger partial charge in [0.1, 0.15) is 11.5 Å². The minimum Gasteiger partial charge on any atom is -0.507 e. The number of hydrogen-bond acceptors (Lipinski definition) is 7. The van der Waals surface area contributed by atoms with Crippen molar-refractivity contribution in [1.29, 1.82) is 0 Å². The van der Waals surface area contributed by atoms with Gasteiger partial charge < -0.3 is 14.6 Å². The molecular weight excluding hydrogens is 515 g/mol. The molecule has 0 saturated heterocycles. The summed E-state index contributed by atoms with van der Waals surface area (Å²) in [6.07, 6.45) is -6.31. The van der Waals surface area contributed by atoms with Crippen LogP contribution in [-0.2, 0) is 24.3 Å². The van der Waals surface area contributed by atoms with Crippen molar-refractivity contribution in [1.82, 2.24) is 0 Å². The van der Waals surface area contributed by atoms with E-state index in [1.54, 1.807) is 6.92 Å². The number of rotatable bonds is 9. The maximum Gasteiger partial charge on any atom is 0.451 e. The molecule has 8 nitrogen and oxygen atoms in total. The molecule has 0 aliphatic carbocycles. The fourth-order valence-corrected chi connectivity index (χ4v) is 4.68. The van der Waals surface area contributed by atoms with Crippen LogP contribution in [0.2, 0.25) is 0 Å². The van der Waals surface area contributed by atoms with Crippen LogP contribution in [0.1, 0.15) is 32.3 Å². The topological polar surface area (TPSA) is 119 Å². The van der Waals surface area contributed by atoms with E-state index in [1.807, 2.05) is 0 Å². The molecule has 1 atom stereocenters. The second kappa shape index (κ2) is 10.7. The molecule has 0 amide bonds. The highest BCUT2D eigenvalue weighted by Gasteiger charge is 2.49. The molecular formula is C25H24F3NO7S. The van der Waals surface area contributed by atoms with Gasteiger partial charge in [0.05, 0.1) is 23.3 Å². The molecule has 3 rings (SSSR count). The van der Waals surface area contributed by atoms with Gasteiger partial charge in [0.25, 0.3) is 15.8 Å². The molecule has 3 aromatic rings. The predicted molar refractivity (Wildman–Crippen MR) is 129 cm³/mol. The summed E-state index contributed by atoms with van der Waals surface area (Å²) in [5.74, 6) is -6.95. The lowest BCUT2D eigenvalue weighted by molar-refractivity contribution is -0.178. The zero-order valence-corrected chi connectivity index (χ0v) is 20.8. The Labute approximate surface area is 211 Å². The molecule has 2 N–H and O–H groups in total. The number of ether oxygens (including phenoxy) is 2. The lowest BCUT2D eigenvalue weighted by Gasteiger charge is -2.21. The smallest absolute Gasteiger partial charge is 0.451 e. The predicted octanol–water partition coefficient (Wildman–Crippen LogP) is 4.91. The van der Waals surface area contributed by atoms with Crippen LogP contribution in [0.15, 0.2) is 59.5 Å². The Morgan fingerprint density at radius 1 is 1.03 bits per heavy atom. The molecule has 0 aromatic heterocycles. The number of alkyl halides is 3. The molecule has 0 bridgehead atoms. The number of anilines is 1. The first-order valence-electron chi connectivity index (χ1n) is 11.1. The summed E-state index contributed by atoms with van der Waals surface area (Å²) in [5, 5.41) is 10.9. The largest absolute Gasteiger partial charge is 0.507 e. The van der Waals surface area contributed by atoms with Crippen molar-refractivity contribution in [2.24, 2.45) is 0 Å². The Balaban J connectivity index is 2.19. The van der Waals surface area contributed by atoms with Gasteiger partial charge in [-0.05, 0) is 51.1 Å². The van der Waals surface area contributed by atoms with Crippen molar-refractivity contribution in [3.8, 4) is 11.5 Å². The Hall–Kier alpha value is -3.80. The fourth-order valence-electron chi connectivity index (χ4n) is 3.61. The molecule has 0 saturated carbocycles. The van der Waals surface area contributed by atoms with Crippen LogP contribution < -0.4 is 9.46 Å². The molecule has 0 radical (unpaired) electrons. The Bertz CT molecular complexity index is 1420. The van der Waals surface area contributed by atoms with E-state index in [4.69, 9.17) is 9.47 Å². The van der Waals surface area contributed by atoms with Gasteiger partial charge in [0.15, 0.2) is 5.92 Å². The summed E-state index contributed by atoms with van der Waals surface area (Å²) >= 11 is 0. The van der Waals surface area contributed by atoms with Gasteiger partial charge in [-0.1, -0.05) is 24.3 Å². The second-order valence-corrected chi connectivity index (χ2v) is 9.88. The van der Waals surface area contributed by atoms with Gasteiger partial charge in [-0.3, -0.25) is 14.3 Å². The third-order valence-corrected chi connectivity index (χ3v) is 6.56. The highest BCUT2D eigenvalue weighted by Crippen LogP contribution is 2.41. The number of aromatic hydroxyl groups is 1. The summed E-state index contributed by atoms with van der Waals surface area (Å²) in [7, 11) is -4.29. The summed E-state index contributed by atoms with van der Waals surface area (Å²) < 4.78 is 79.0. The van der Waals surface area contributed by atoms with Gasteiger partial charge in [-0.15, -0.1) is 0 Å². The summed E-state index contributed by atoms with van der Waals surface area (Å²) in [6.45, 7) is 4.88. The van der Waals surface area contributed by atoms with Crippen LogP contribution in [0.3, 0.4) is 0 Å². The number of halogens is 3. The molecule has 0 heterocycles. The van der Waals surface area contributed by atoms with Crippen LogP contribution >= 0.6 is 0 Å². The van der Waals surface area contributed by atoms with Crippen molar-refractivity contribution in [3.63, 3.8) is 0 Å². The number of phenols is 1. The summed E-state index contributed by atoms with van der Waals surface area (Å²) in [4.78, 5) is 24.7. The Morgan fingerprint density at radius 2 is 1.62 bits per heavy atom. The van der Waals surface area contributed by atoms with E-state index in [2.05, 4.69) is 4.72 Å². The number of carbonyl (C=O) groups excluding carboxylic acids is 2. The number of esters is 1. The zero-order chi connectivity index (χ0) is 27.5. The first-order chi connectivity index (χ1) is 17.3. The van der Waals surface area contributed by atoms with Gasteiger partial charge in [-0.25, -0.2) is 8.42 Å². The Morgan fingerprint density at radius 3 is 2.16 bits per heavy atom. The van der Waals surface area contributed by atoms with E-state index >= 15 is 0 Å². The average Bonchev–Trinajstić information content (AvgIpc) is 2.81. The van der Waals surface area contributed by atoms with E-state index in [0.717, 1.165) is 6.07 Å². The van der Waals surface area contributed by atoms with E-state index in [1.165, 1.54) is 62.4 Å². The monoisotopic (exact) mass is 539 g/mol. The third kappa shape index (κ3) is 6.13. The SMILES string of the molecule is CCOc1ccc(S(=O)(=O)Nc2cc([C@H](C(=O)OC(C)C)C(=O)C(F)(F)F)c(O)c3ccccc23)cc1. The maximum absolute atomic E-state index is 13.4. The minimum absolute atomic E-state index is 0.0817. The van der Waals surface area contributed by atoms with Crippen LogP contribution in [0.25, 0.3) is 10.8 Å². The van der Waals surface area contributed by atoms with Gasteiger partial charge in [0, 0.05) is 16.3 Å². The van der Waals surface area contributed by atoms with E-state index in [0.29, 0.717) is 12.4 Å². The number of hydrogen-bond donors (Lipinski definition) is 2. The first kappa shape index (κ1) is 27.8. The van der Waals surface area contributed by atoms with Crippen molar-refractivity contribution < 1.29 is 45.8 Å². The number of carbonyl (C=O) groups is 2. The molecule has 0 aliphatic heterocycles. The summed E-state index contributed by atoms with van der Waals surface area (Å²) in [5.41, 5.74) is -1.01. The van der Waals surface area contributed by atoms with Crippen LogP contribution in [0.5, 0.6) is 11.5 Å². The van der Waals surface area contributed by atoms with Crippen molar-refractivity contribution in [2.45, 2.75) is 43.9 Å². The molecule has 37 heavy (non-hydrogen) atoms. The molecule has 0 fully saturated rings. The first-order valence-corrected chi connectivity index (χ1v) is 12.6. The van der Waals surface area contributed by atoms with Gasteiger partial charge >= 0.3 is 12.1 Å². The number of benzene rings is 3. The van der Waals surface area contributed by atoms with Gasteiger partial charge in [-0.2, -0.15) is 13.2 Å². The van der Waals surface area contributed by atoms with Crippen LogP contribution in [0.4, 0.5) is 18.9 Å². The molecule has 0 unspecified atom stereocenters. The normalized spacial score (nSPS) is 12.8. The number of fused-ring (bicyclic) bond motifs is 1. The van der Waals surface area contributed by atoms with Crippen molar-refractivity contribution >= 4 is 38.2 Å². The van der Waals surface area contributed by atoms with E-state index < -0.39 is 51.3 Å². The van der Waals surface area contributed by atoms with Crippen molar-refractivity contribution in [2.75, 3.05) is 11.3 Å². The van der Waals surface area contributed by atoms with E-state index in [9.17, 15) is 36.3 Å². The summed E-state index contributed by atoms with van der Waals surface area (Å²) in [6, 6.07) is 11.9. The number of Topliss-reactive ketones (excluding diaryl/α,β-unsaturated/α-hetero) is 1. The number of phenolic OH excluding ortho intramolecular Hbond substituents is 1. The highest BCUT2D eigenvalue weighted by atomic mass is 32.2. The highest BCUT2D eigenvalue weighted by molar-refractivity contribution is 7.92. The lowest BCUT2D eigenvalue weighted by atomic mass is 9.90. The quantitative estimate of drug-likeness (QED) is 0.225. The standard InChI is InChI=1S/C25H24F3NO7S/c1-4-35-15-9-11-16(12-10-15)37(33,34)29-20-13-19(22(30)18-8-6-5-7-17(18)20)21(23(31)25(26,27)28)24(32)36-14(2)3/h5-14,21,29-30H,4H2,1-3H3/t21-/m0/s1. The lowest BCUT2D eigenvalue weighted by Crippen LogP contribution is -2.35. The molecule has 3 aromatic carbocycles. The third-order valence-electron chi connectivity index (χ3n) is 5.18. The van der Waals surface area contributed by atoms with E-state index in [-0.39, 0.29) is 21.4 Å². The fraction of sp³-hybridized carbons (Fsp3) is 0.280. The second-order valence-electron chi connectivity index (χ2n) is 8.20. The number of nitrogens with one attached hydrogen (secondary N) is 1.